The standard InChI is InChI=1S/C27H24/c1-5-20(18(2)3)10-8-12-24-19(4)17-23-16-15-22-14-13-21-9-6-7-11-25(21)26(22)27(23)24/h5-7,9-16H,1-2,4,8,17H2,3H3/b20-10-,24-12+. The van der Waals surface area contributed by atoms with Crippen LogP contribution in [0.1, 0.15) is 24.5 Å². The monoisotopic (exact) mass is 348 g/mol. The molecule has 0 saturated carbocycles. The third kappa shape index (κ3) is 2.98. The van der Waals surface area contributed by atoms with Gasteiger partial charge in [-0.15, -0.1) is 0 Å². The van der Waals surface area contributed by atoms with Crippen molar-refractivity contribution in [3.63, 3.8) is 0 Å². The van der Waals surface area contributed by atoms with Gasteiger partial charge in [-0.05, 0) is 69.2 Å². The van der Waals surface area contributed by atoms with Gasteiger partial charge < -0.3 is 0 Å². The normalized spacial score (nSPS) is 15.5. The Morgan fingerprint density at radius 2 is 1.78 bits per heavy atom. The number of benzene rings is 3. The molecule has 0 N–H and O–H groups in total. The molecule has 0 heterocycles. The zero-order chi connectivity index (χ0) is 19.0. The maximum Gasteiger partial charge on any atom is -0.00192 e. The van der Waals surface area contributed by atoms with Gasteiger partial charge in [0.15, 0.2) is 0 Å². The molecular weight excluding hydrogens is 324 g/mol. The third-order valence-electron chi connectivity index (χ3n) is 5.42. The maximum atomic E-state index is 4.36. The van der Waals surface area contributed by atoms with E-state index in [1.54, 1.807) is 0 Å². The van der Waals surface area contributed by atoms with Crippen LogP contribution in [0, 0.1) is 0 Å². The molecule has 27 heavy (non-hydrogen) atoms. The molecular formula is C27H24. The van der Waals surface area contributed by atoms with Crippen LogP contribution < -0.4 is 0 Å². The average molecular weight is 348 g/mol. The van der Waals surface area contributed by atoms with Crippen LogP contribution >= 0.6 is 0 Å². The summed E-state index contributed by atoms with van der Waals surface area (Å²) >= 11 is 0. The minimum Gasteiger partial charge on any atom is -0.0985 e. The van der Waals surface area contributed by atoms with E-state index in [1.165, 1.54) is 43.8 Å². The fraction of sp³-hybridized carbons (Fsp3) is 0.111. The van der Waals surface area contributed by atoms with Crippen LogP contribution in [0.5, 0.6) is 0 Å². The molecule has 3 aromatic carbocycles. The highest BCUT2D eigenvalue weighted by atomic mass is 14.3. The first-order valence-corrected chi connectivity index (χ1v) is 9.40. The number of hydrogen-bond donors (Lipinski definition) is 0. The molecule has 1 aliphatic rings. The second-order valence-electron chi connectivity index (χ2n) is 7.26. The largest absolute Gasteiger partial charge is 0.0985 e. The van der Waals surface area contributed by atoms with Gasteiger partial charge in [0.1, 0.15) is 0 Å². The van der Waals surface area contributed by atoms with Crippen molar-refractivity contribution < 1.29 is 0 Å². The first kappa shape index (κ1) is 17.3. The third-order valence-corrected chi connectivity index (χ3v) is 5.42. The molecule has 0 atom stereocenters. The molecule has 0 aliphatic heterocycles. The molecule has 0 radical (unpaired) electrons. The number of rotatable bonds is 4. The molecule has 0 nitrogen and oxygen atoms in total. The Hall–Kier alpha value is -3.12. The van der Waals surface area contributed by atoms with Gasteiger partial charge in [-0.3, -0.25) is 0 Å². The molecule has 4 rings (SSSR count). The average Bonchev–Trinajstić information content (AvgIpc) is 3.00. The van der Waals surface area contributed by atoms with Crippen LogP contribution in [0.15, 0.2) is 103 Å². The van der Waals surface area contributed by atoms with Gasteiger partial charge in [0.05, 0.1) is 0 Å². The zero-order valence-electron chi connectivity index (χ0n) is 15.9. The summed E-state index contributed by atoms with van der Waals surface area (Å²) in [5.41, 5.74) is 7.38. The van der Waals surface area contributed by atoms with Crippen molar-refractivity contribution in [3.8, 4) is 0 Å². The first-order valence-electron chi connectivity index (χ1n) is 9.40. The van der Waals surface area contributed by atoms with Crippen LogP contribution in [0.25, 0.3) is 27.1 Å². The Labute approximate surface area is 161 Å². The summed E-state index contributed by atoms with van der Waals surface area (Å²) in [6.45, 7) is 14.3. The lowest BCUT2D eigenvalue weighted by atomic mass is 9.93. The van der Waals surface area contributed by atoms with Gasteiger partial charge in [-0.1, -0.05) is 92.1 Å². The van der Waals surface area contributed by atoms with Crippen LogP contribution in [-0.2, 0) is 6.42 Å². The molecule has 0 spiro atoms. The zero-order valence-corrected chi connectivity index (χ0v) is 15.9. The molecule has 0 unspecified atom stereocenters. The summed E-state index contributed by atoms with van der Waals surface area (Å²) < 4.78 is 0. The van der Waals surface area contributed by atoms with E-state index in [9.17, 15) is 0 Å². The maximum absolute atomic E-state index is 4.36. The molecule has 1 aliphatic carbocycles. The van der Waals surface area contributed by atoms with Gasteiger partial charge in [-0.2, -0.15) is 0 Å². The summed E-state index contributed by atoms with van der Waals surface area (Å²) in [7, 11) is 0. The predicted octanol–water partition coefficient (Wildman–Crippen LogP) is 7.57. The fourth-order valence-corrected chi connectivity index (χ4v) is 4.08. The highest BCUT2D eigenvalue weighted by molar-refractivity contribution is 6.15. The van der Waals surface area contributed by atoms with E-state index < -0.39 is 0 Å². The van der Waals surface area contributed by atoms with Crippen LogP contribution in [0.2, 0.25) is 0 Å². The van der Waals surface area contributed by atoms with E-state index in [2.05, 4.69) is 80.4 Å². The molecule has 0 bridgehead atoms. The van der Waals surface area contributed by atoms with E-state index in [1.807, 2.05) is 13.0 Å². The Bertz CT molecular complexity index is 1170. The molecule has 0 saturated heterocycles. The van der Waals surface area contributed by atoms with Crippen molar-refractivity contribution in [2.24, 2.45) is 0 Å². The summed E-state index contributed by atoms with van der Waals surface area (Å²) in [6.07, 6.45) is 8.15. The van der Waals surface area contributed by atoms with Gasteiger partial charge in [0.25, 0.3) is 0 Å². The Morgan fingerprint density at radius 3 is 2.56 bits per heavy atom. The minimum absolute atomic E-state index is 0.850. The van der Waals surface area contributed by atoms with E-state index in [-0.39, 0.29) is 0 Å². The Kier molecular flexibility index (Phi) is 4.41. The SMILES string of the molecule is C=C/C(=C/C/C=C1\C(=C)Cc2ccc3ccc4ccccc4c3c21)C(=C)C. The topological polar surface area (TPSA) is 0 Å². The van der Waals surface area contributed by atoms with Crippen LogP contribution in [0.4, 0.5) is 0 Å². The van der Waals surface area contributed by atoms with Crippen LogP contribution in [0.3, 0.4) is 0 Å². The predicted molar refractivity (Wildman–Crippen MR) is 120 cm³/mol. The summed E-state index contributed by atoms with van der Waals surface area (Å²) in [5.74, 6) is 0. The molecule has 132 valence electrons. The van der Waals surface area contributed by atoms with Gasteiger partial charge >= 0.3 is 0 Å². The van der Waals surface area contributed by atoms with E-state index in [0.717, 1.165) is 24.0 Å². The van der Waals surface area contributed by atoms with Crippen molar-refractivity contribution >= 4 is 27.1 Å². The molecule has 3 aromatic rings. The second kappa shape index (κ2) is 6.89. The molecule has 0 aromatic heterocycles. The lowest BCUT2D eigenvalue weighted by Gasteiger charge is -2.11. The van der Waals surface area contributed by atoms with E-state index in [4.69, 9.17) is 0 Å². The van der Waals surface area contributed by atoms with Crippen molar-refractivity contribution in [2.75, 3.05) is 0 Å². The van der Waals surface area contributed by atoms with Crippen molar-refractivity contribution in [3.05, 3.63) is 114 Å². The quantitative estimate of drug-likeness (QED) is 0.337. The van der Waals surface area contributed by atoms with Gasteiger partial charge in [0, 0.05) is 0 Å². The highest BCUT2D eigenvalue weighted by Crippen LogP contribution is 2.43. The number of allylic oxidation sites excluding steroid dienone is 7. The number of hydrogen-bond acceptors (Lipinski definition) is 0. The van der Waals surface area contributed by atoms with Crippen molar-refractivity contribution in [2.45, 2.75) is 19.8 Å². The summed E-state index contributed by atoms with van der Waals surface area (Å²) in [5, 5.41) is 5.24. The van der Waals surface area contributed by atoms with Crippen LogP contribution in [-0.4, -0.2) is 0 Å². The summed E-state index contributed by atoms with van der Waals surface area (Å²) in [6, 6.07) is 17.6. The second-order valence-corrected chi connectivity index (χ2v) is 7.26. The van der Waals surface area contributed by atoms with Crippen molar-refractivity contribution in [1.29, 1.82) is 0 Å². The minimum atomic E-state index is 0.850. The molecule has 0 heteroatoms. The fourth-order valence-electron chi connectivity index (χ4n) is 4.08. The highest BCUT2D eigenvalue weighted by Gasteiger charge is 2.22. The molecule has 0 amide bonds. The Balaban J connectivity index is 1.91. The lowest BCUT2D eigenvalue weighted by molar-refractivity contribution is 1.28. The van der Waals surface area contributed by atoms with Gasteiger partial charge in [-0.25, -0.2) is 0 Å². The lowest BCUT2D eigenvalue weighted by Crippen LogP contribution is -1.87. The molecule has 0 fully saturated rings. The first-order chi connectivity index (χ1) is 13.1. The Morgan fingerprint density at radius 1 is 1.04 bits per heavy atom. The van der Waals surface area contributed by atoms with Gasteiger partial charge in [0.2, 0.25) is 0 Å². The van der Waals surface area contributed by atoms with E-state index in [0.29, 0.717) is 0 Å². The smallest absolute Gasteiger partial charge is 0.00192 e. The number of fused-ring (bicyclic) bond motifs is 5. The summed E-state index contributed by atoms with van der Waals surface area (Å²) in [4.78, 5) is 0. The van der Waals surface area contributed by atoms with E-state index >= 15 is 0 Å². The van der Waals surface area contributed by atoms with Crippen molar-refractivity contribution in [1.82, 2.24) is 0 Å².